The number of hydrogen-bond donors (Lipinski definition) is 0. The Balaban J connectivity index is 1.53. The molecule has 4 fully saturated rings. The first-order valence-corrected chi connectivity index (χ1v) is 7.89. The molecule has 21 heavy (non-hydrogen) atoms. The number of carbonyl (C=O) groups excluding carboxylic acids is 1. The van der Waals surface area contributed by atoms with E-state index in [1.165, 1.54) is 19.3 Å². The van der Waals surface area contributed by atoms with Crippen LogP contribution in [0.5, 0.6) is 5.75 Å². The first kappa shape index (κ1) is 12.9. The lowest BCUT2D eigenvalue weighted by Gasteiger charge is -2.55. The smallest absolute Gasteiger partial charge is 0.317 e. The molecule has 3 nitrogen and oxygen atoms in total. The topological polar surface area (TPSA) is 50.1 Å². The Hall–Kier alpha value is -1.82. The highest BCUT2D eigenvalue weighted by atomic mass is 16.5. The summed E-state index contributed by atoms with van der Waals surface area (Å²) < 4.78 is 5.65. The van der Waals surface area contributed by atoms with Crippen molar-refractivity contribution in [1.82, 2.24) is 0 Å². The van der Waals surface area contributed by atoms with E-state index in [0.717, 1.165) is 37.0 Å². The number of nitriles is 1. The lowest BCUT2D eigenvalue weighted by molar-refractivity contribution is -0.161. The van der Waals surface area contributed by atoms with Crippen molar-refractivity contribution in [1.29, 1.82) is 5.26 Å². The molecule has 1 aromatic rings. The molecule has 4 aliphatic carbocycles. The van der Waals surface area contributed by atoms with E-state index in [1.54, 1.807) is 24.3 Å². The van der Waals surface area contributed by atoms with Crippen LogP contribution >= 0.6 is 0 Å². The molecule has 0 N–H and O–H groups in total. The van der Waals surface area contributed by atoms with Gasteiger partial charge in [0.2, 0.25) is 0 Å². The van der Waals surface area contributed by atoms with Crippen molar-refractivity contribution in [2.24, 2.45) is 23.2 Å². The van der Waals surface area contributed by atoms with Gasteiger partial charge in [-0.25, -0.2) is 0 Å². The van der Waals surface area contributed by atoms with Gasteiger partial charge in [-0.2, -0.15) is 5.26 Å². The van der Waals surface area contributed by atoms with Gasteiger partial charge in [-0.3, -0.25) is 4.79 Å². The maximum Gasteiger partial charge on any atom is 0.317 e. The Bertz CT molecular complexity index is 576. The number of rotatable bonds is 2. The zero-order valence-corrected chi connectivity index (χ0v) is 12.0. The lowest BCUT2D eigenvalue weighted by Crippen LogP contribution is -2.51. The third-order valence-electron chi connectivity index (χ3n) is 5.67. The average molecular weight is 281 g/mol. The molecule has 0 aromatic heterocycles. The van der Waals surface area contributed by atoms with Crippen molar-refractivity contribution in [2.45, 2.75) is 38.5 Å². The summed E-state index contributed by atoms with van der Waals surface area (Å²) in [5, 5.41) is 8.81. The second-order valence-corrected chi connectivity index (χ2v) is 7.22. The Labute approximate surface area is 124 Å². The molecule has 108 valence electrons. The van der Waals surface area contributed by atoms with E-state index in [9.17, 15) is 4.79 Å². The van der Waals surface area contributed by atoms with E-state index in [-0.39, 0.29) is 11.4 Å². The predicted octanol–water partition coefficient (Wildman–Crippen LogP) is 3.68. The maximum atomic E-state index is 12.7. The zero-order chi connectivity index (χ0) is 14.4. The Morgan fingerprint density at radius 1 is 1.05 bits per heavy atom. The first-order valence-electron chi connectivity index (χ1n) is 7.89. The van der Waals surface area contributed by atoms with Crippen LogP contribution in [0.4, 0.5) is 0 Å². The number of nitrogens with zero attached hydrogens (tertiary/aromatic N) is 1. The molecule has 3 heteroatoms. The van der Waals surface area contributed by atoms with E-state index in [2.05, 4.69) is 6.07 Å². The van der Waals surface area contributed by atoms with Gasteiger partial charge in [-0.05, 0) is 80.5 Å². The fourth-order valence-electron chi connectivity index (χ4n) is 5.17. The van der Waals surface area contributed by atoms with E-state index in [4.69, 9.17) is 10.00 Å². The van der Waals surface area contributed by atoms with Gasteiger partial charge in [0, 0.05) is 0 Å². The molecule has 0 atom stereocenters. The molecule has 0 radical (unpaired) electrons. The van der Waals surface area contributed by atoms with Crippen molar-refractivity contribution in [3.05, 3.63) is 29.8 Å². The van der Waals surface area contributed by atoms with Crippen molar-refractivity contribution < 1.29 is 9.53 Å². The fraction of sp³-hybridized carbons (Fsp3) is 0.556. The van der Waals surface area contributed by atoms with E-state index < -0.39 is 0 Å². The highest BCUT2D eigenvalue weighted by Crippen LogP contribution is 2.60. The molecule has 4 bridgehead atoms. The largest absolute Gasteiger partial charge is 0.426 e. The van der Waals surface area contributed by atoms with Crippen LogP contribution in [0.25, 0.3) is 0 Å². The summed E-state index contributed by atoms with van der Waals surface area (Å²) in [4.78, 5) is 12.7. The minimum Gasteiger partial charge on any atom is -0.426 e. The summed E-state index contributed by atoms with van der Waals surface area (Å²) in [6.45, 7) is 0. The number of esters is 1. The monoisotopic (exact) mass is 281 g/mol. The fourth-order valence-corrected chi connectivity index (χ4v) is 5.17. The Kier molecular flexibility index (Phi) is 2.82. The lowest BCUT2D eigenvalue weighted by atomic mass is 9.49. The maximum absolute atomic E-state index is 12.7. The molecule has 0 heterocycles. The van der Waals surface area contributed by atoms with Crippen molar-refractivity contribution in [2.75, 3.05) is 0 Å². The highest BCUT2D eigenvalue weighted by molar-refractivity contribution is 5.79. The van der Waals surface area contributed by atoms with Crippen LogP contribution in [0.15, 0.2) is 24.3 Å². The molecular weight excluding hydrogens is 262 g/mol. The Morgan fingerprint density at radius 3 is 2.05 bits per heavy atom. The number of carbonyl (C=O) groups is 1. The van der Waals surface area contributed by atoms with Crippen LogP contribution in [0.1, 0.15) is 44.1 Å². The van der Waals surface area contributed by atoms with Gasteiger partial charge in [0.1, 0.15) is 5.75 Å². The average Bonchev–Trinajstić information content (AvgIpc) is 2.46. The summed E-state index contributed by atoms with van der Waals surface area (Å²) in [5.41, 5.74) is 0.368. The second-order valence-electron chi connectivity index (χ2n) is 7.22. The number of benzene rings is 1. The van der Waals surface area contributed by atoms with Gasteiger partial charge in [0.25, 0.3) is 0 Å². The molecule has 4 saturated carbocycles. The summed E-state index contributed by atoms with van der Waals surface area (Å²) in [6.07, 6.45) is 7.03. The number of hydrogen-bond acceptors (Lipinski definition) is 3. The summed E-state index contributed by atoms with van der Waals surface area (Å²) in [5.74, 6) is 2.75. The molecule has 0 aliphatic heterocycles. The van der Waals surface area contributed by atoms with Gasteiger partial charge in [0.05, 0.1) is 17.0 Å². The van der Waals surface area contributed by atoms with Crippen molar-refractivity contribution >= 4 is 5.97 Å². The van der Waals surface area contributed by atoms with Gasteiger partial charge in [0.15, 0.2) is 0 Å². The standard InChI is InChI=1S/C18H19NO2/c19-11-12-1-3-16(4-2-12)21-17(20)18-8-13-5-14(9-18)7-15(6-13)10-18/h1-4,13-15H,5-10H2. The minimum atomic E-state index is -0.220. The van der Waals surface area contributed by atoms with Crippen LogP contribution < -0.4 is 4.74 Å². The number of ether oxygens (including phenoxy) is 1. The van der Waals surface area contributed by atoms with Gasteiger partial charge in [-0.1, -0.05) is 0 Å². The quantitative estimate of drug-likeness (QED) is 0.613. The molecular formula is C18H19NO2. The van der Waals surface area contributed by atoms with Crippen molar-refractivity contribution in [3.63, 3.8) is 0 Å². The molecule has 0 unspecified atom stereocenters. The van der Waals surface area contributed by atoms with E-state index >= 15 is 0 Å². The predicted molar refractivity (Wildman–Crippen MR) is 77.4 cm³/mol. The molecule has 0 spiro atoms. The molecule has 0 saturated heterocycles. The molecule has 1 aromatic carbocycles. The normalized spacial score (nSPS) is 36.2. The highest BCUT2D eigenvalue weighted by Gasteiger charge is 2.55. The molecule has 5 rings (SSSR count). The first-order chi connectivity index (χ1) is 10.2. The van der Waals surface area contributed by atoms with Crippen LogP contribution in [-0.4, -0.2) is 5.97 Å². The summed E-state index contributed by atoms with van der Waals surface area (Å²) in [6, 6.07) is 8.91. The van der Waals surface area contributed by atoms with Crippen LogP contribution in [0, 0.1) is 34.5 Å². The van der Waals surface area contributed by atoms with Crippen LogP contribution in [-0.2, 0) is 4.79 Å². The van der Waals surface area contributed by atoms with Crippen LogP contribution in [0.3, 0.4) is 0 Å². The van der Waals surface area contributed by atoms with Gasteiger partial charge in [-0.15, -0.1) is 0 Å². The third kappa shape index (κ3) is 2.14. The summed E-state index contributed by atoms with van der Waals surface area (Å²) >= 11 is 0. The molecule has 0 amide bonds. The van der Waals surface area contributed by atoms with Gasteiger partial charge >= 0.3 is 5.97 Å². The minimum absolute atomic E-state index is 0.0358. The van der Waals surface area contributed by atoms with E-state index in [1.807, 2.05) is 0 Å². The SMILES string of the molecule is N#Cc1ccc(OC(=O)C23CC4CC(CC(C4)C2)C3)cc1. The van der Waals surface area contributed by atoms with Gasteiger partial charge < -0.3 is 4.74 Å². The Morgan fingerprint density at radius 2 is 1.57 bits per heavy atom. The van der Waals surface area contributed by atoms with Crippen LogP contribution in [0.2, 0.25) is 0 Å². The third-order valence-corrected chi connectivity index (χ3v) is 5.67. The zero-order valence-electron chi connectivity index (χ0n) is 12.0. The summed E-state index contributed by atoms with van der Waals surface area (Å²) in [7, 11) is 0. The second kappa shape index (κ2) is 4.59. The van der Waals surface area contributed by atoms with E-state index in [0.29, 0.717) is 11.3 Å². The van der Waals surface area contributed by atoms with Crippen molar-refractivity contribution in [3.8, 4) is 11.8 Å². The molecule has 4 aliphatic rings.